The number of nitrogens with zero attached hydrogens (tertiary/aromatic N) is 1. The Morgan fingerprint density at radius 1 is 1.21 bits per heavy atom. The summed E-state index contributed by atoms with van der Waals surface area (Å²) in [5.41, 5.74) is 2.97. The van der Waals surface area contributed by atoms with Gasteiger partial charge in [0.15, 0.2) is 0 Å². The average Bonchev–Trinajstić information content (AvgIpc) is 3.35. The number of aromatic amines is 1. The van der Waals surface area contributed by atoms with Gasteiger partial charge in [0.1, 0.15) is 5.75 Å². The summed E-state index contributed by atoms with van der Waals surface area (Å²) in [4.78, 5) is 18.3. The number of ether oxygens (including phenoxy) is 1. The van der Waals surface area contributed by atoms with Crippen LogP contribution >= 0.6 is 0 Å². The summed E-state index contributed by atoms with van der Waals surface area (Å²) >= 11 is 0. The van der Waals surface area contributed by atoms with Gasteiger partial charge in [-0.15, -0.1) is 0 Å². The van der Waals surface area contributed by atoms with E-state index in [0.717, 1.165) is 18.4 Å². The van der Waals surface area contributed by atoms with Gasteiger partial charge in [0.2, 0.25) is 0 Å². The van der Waals surface area contributed by atoms with Gasteiger partial charge in [-0.2, -0.15) is 0 Å². The third-order valence-electron chi connectivity index (χ3n) is 4.59. The zero-order valence-corrected chi connectivity index (χ0v) is 13.7. The van der Waals surface area contributed by atoms with Gasteiger partial charge in [-0.1, -0.05) is 18.2 Å². The van der Waals surface area contributed by atoms with Gasteiger partial charge in [-0.25, -0.2) is 0 Å². The number of aromatic nitrogens is 1. The van der Waals surface area contributed by atoms with E-state index in [4.69, 9.17) is 4.74 Å². The van der Waals surface area contributed by atoms with Gasteiger partial charge in [0.05, 0.1) is 7.11 Å². The highest BCUT2D eigenvalue weighted by Crippen LogP contribution is 2.31. The molecule has 0 saturated heterocycles. The lowest BCUT2D eigenvalue weighted by Gasteiger charge is -2.23. The summed E-state index contributed by atoms with van der Waals surface area (Å²) in [5.74, 6) is 0.785. The molecule has 1 amide bonds. The second-order valence-corrected chi connectivity index (χ2v) is 6.25. The van der Waals surface area contributed by atoms with Crippen molar-refractivity contribution in [3.8, 4) is 5.75 Å². The van der Waals surface area contributed by atoms with E-state index in [2.05, 4.69) is 23.2 Å². The van der Waals surface area contributed by atoms with Crippen molar-refractivity contribution in [2.45, 2.75) is 25.4 Å². The molecule has 1 aromatic heterocycles. The van der Waals surface area contributed by atoms with Gasteiger partial charge in [0, 0.05) is 35.2 Å². The van der Waals surface area contributed by atoms with Crippen LogP contribution in [-0.2, 0) is 6.54 Å². The molecule has 0 aliphatic heterocycles. The third kappa shape index (κ3) is 2.75. The number of hydrogen-bond acceptors (Lipinski definition) is 2. The van der Waals surface area contributed by atoms with Gasteiger partial charge >= 0.3 is 0 Å². The third-order valence-corrected chi connectivity index (χ3v) is 4.59. The molecule has 4 rings (SSSR count). The first-order valence-corrected chi connectivity index (χ1v) is 8.26. The van der Waals surface area contributed by atoms with Crippen LogP contribution in [0.2, 0.25) is 0 Å². The van der Waals surface area contributed by atoms with Crippen LogP contribution < -0.4 is 4.74 Å². The van der Waals surface area contributed by atoms with Crippen LogP contribution in [-0.4, -0.2) is 28.9 Å². The van der Waals surface area contributed by atoms with E-state index in [1.807, 2.05) is 41.4 Å². The topological polar surface area (TPSA) is 45.3 Å². The fourth-order valence-electron chi connectivity index (χ4n) is 3.15. The molecule has 1 aliphatic rings. The second-order valence-electron chi connectivity index (χ2n) is 6.25. The fraction of sp³-hybridized carbons (Fsp3) is 0.250. The van der Waals surface area contributed by atoms with Gasteiger partial charge in [-0.3, -0.25) is 4.79 Å². The lowest BCUT2D eigenvalue weighted by molar-refractivity contribution is 0.0730. The number of rotatable bonds is 5. The highest BCUT2D eigenvalue weighted by molar-refractivity contribution is 5.95. The van der Waals surface area contributed by atoms with E-state index in [0.29, 0.717) is 23.9 Å². The highest BCUT2D eigenvalue weighted by atomic mass is 16.5. The van der Waals surface area contributed by atoms with Crippen molar-refractivity contribution in [2.24, 2.45) is 0 Å². The molecule has 1 heterocycles. The molecule has 24 heavy (non-hydrogen) atoms. The Balaban J connectivity index is 1.65. The molecule has 0 radical (unpaired) electrons. The Morgan fingerprint density at radius 3 is 2.83 bits per heavy atom. The van der Waals surface area contributed by atoms with E-state index in [1.54, 1.807) is 7.11 Å². The molecule has 2 aromatic carbocycles. The minimum atomic E-state index is 0.0731. The van der Waals surface area contributed by atoms with Gasteiger partial charge in [0.25, 0.3) is 5.91 Å². The van der Waals surface area contributed by atoms with E-state index >= 15 is 0 Å². The molecule has 3 aromatic rings. The van der Waals surface area contributed by atoms with Crippen molar-refractivity contribution < 1.29 is 9.53 Å². The largest absolute Gasteiger partial charge is 0.497 e. The lowest BCUT2D eigenvalue weighted by Crippen LogP contribution is -2.32. The molecule has 1 aliphatic carbocycles. The first-order valence-electron chi connectivity index (χ1n) is 8.26. The Kier molecular flexibility index (Phi) is 3.73. The quantitative estimate of drug-likeness (QED) is 0.773. The zero-order chi connectivity index (χ0) is 16.5. The molecule has 0 atom stereocenters. The van der Waals surface area contributed by atoms with Crippen LogP contribution in [0.4, 0.5) is 0 Å². The predicted molar refractivity (Wildman–Crippen MR) is 94.2 cm³/mol. The summed E-state index contributed by atoms with van der Waals surface area (Å²) in [6.45, 7) is 0.635. The first kappa shape index (κ1) is 14.8. The van der Waals surface area contributed by atoms with E-state index in [1.165, 1.54) is 10.9 Å². The number of amides is 1. The zero-order valence-electron chi connectivity index (χ0n) is 13.7. The van der Waals surface area contributed by atoms with E-state index in [9.17, 15) is 4.79 Å². The Hall–Kier alpha value is -2.75. The molecule has 0 unspecified atom stereocenters. The number of nitrogens with one attached hydrogen (secondary N) is 1. The van der Waals surface area contributed by atoms with Crippen LogP contribution in [0.25, 0.3) is 10.9 Å². The molecule has 4 nitrogen and oxygen atoms in total. The van der Waals surface area contributed by atoms with E-state index in [-0.39, 0.29) is 5.91 Å². The molecule has 122 valence electrons. The molecular weight excluding hydrogens is 300 g/mol. The smallest absolute Gasteiger partial charge is 0.254 e. The number of carbonyl (C=O) groups is 1. The lowest BCUT2D eigenvalue weighted by atomic mass is 10.1. The minimum Gasteiger partial charge on any atom is -0.497 e. The van der Waals surface area contributed by atoms with Crippen molar-refractivity contribution in [1.82, 2.24) is 9.88 Å². The fourth-order valence-corrected chi connectivity index (χ4v) is 3.15. The Morgan fingerprint density at radius 2 is 2.04 bits per heavy atom. The number of benzene rings is 2. The second kappa shape index (κ2) is 6.04. The monoisotopic (exact) mass is 320 g/mol. The molecule has 1 saturated carbocycles. The minimum absolute atomic E-state index is 0.0731. The number of carbonyl (C=O) groups excluding carboxylic acids is 1. The summed E-state index contributed by atoms with van der Waals surface area (Å²) in [5, 5.41) is 1.18. The predicted octanol–water partition coefficient (Wildman–Crippen LogP) is 3.98. The van der Waals surface area contributed by atoms with Crippen molar-refractivity contribution in [3.05, 3.63) is 65.9 Å². The standard InChI is InChI=1S/C20H20N2O2/c1-24-17-6-2-4-14(12-17)20(23)22(16-8-9-16)13-15-5-3-7-19-18(15)10-11-21-19/h2-7,10-12,16,21H,8-9,13H2,1H3. The van der Waals surface area contributed by atoms with Crippen LogP contribution in [0.3, 0.4) is 0 Å². The van der Waals surface area contributed by atoms with Crippen LogP contribution in [0, 0.1) is 0 Å². The van der Waals surface area contributed by atoms with Crippen molar-refractivity contribution in [3.63, 3.8) is 0 Å². The van der Waals surface area contributed by atoms with Crippen LogP contribution in [0.15, 0.2) is 54.7 Å². The van der Waals surface area contributed by atoms with Crippen LogP contribution in [0.5, 0.6) is 5.75 Å². The molecule has 1 fully saturated rings. The highest BCUT2D eigenvalue weighted by Gasteiger charge is 2.33. The number of fused-ring (bicyclic) bond motifs is 1. The number of H-pyrrole nitrogens is 1. The first-order chi connectivity index (χ1) is 11.8. The Labute approximate surface area is 141 Å². The maximum atomic E-state index is 13.0. The average molecular weight is 320 g/mol. The molecule has 0 spiro atoms. The normalized spacial score (nSPS) is 13.9. The summed E-state index contributed by atoms with van der Waals surface area (Å²) < 4.78 is 5.25. The summed E-state index contributed by atoms with van der Waals surface area (Å²) in [6.07, 6.45) is 4.11. The maximum absolute atomic E-state index is 13.0. The van der Waals surface area contributed by atoms with Gasteiger partial charge < -0.3 is 14.6 Å². The van der Waals surface area contributed by atoms with Crippen LogP contribution in [0.1, 0.15) is 28.8 Å². The van der Waals surface area contributed by atoms with Gasteiger partial charge in [-0.05, 0) is 48.7 Å². The van der Waals surface area contributed by atoms with Crippen molar-refractivity contribution in [2.75, 3.05) is 7.11 Å². The summed E-state index contributed by atoms with van der Waals surface area (Å²) in [6, 6.07) is 16.0. The molecule has 1 N–H and O–H groups in total. The van der Waals surface area contributed by atoms with Crippen molar-refractivity contribution in [1.29, 1.82) is 0 Å². The SMILES string of the molecule is COc1cccc(C(=O)N(Cc2cccc3[nH]ccc23)C2CC2)c1. The number of hydrogen-bond donors (Lipinski definition) is 1. The summed E-state index contributed by atoms with van der Waals surface area (Å²) in [7, 11) is 1.62. The molecular formula is C20H20N2O2. The van der Waals surface area contributed by atoms with E-state index < -0.39 is 0 Å². The molecule has 4 heteroatoms. The molecule has 0 bridgehead atoms. The number of methoxy groups -OCH3 is 1. The maximum Gasteiger partial charge on any atom is 0.254 e. The van der Waals surface area contributed by atoms with Crippen molar-refractivity contribution >= 4 is 16.8 Å². The Bertz CT molecular complexity index is 880.